The molecular weight excluding hydrogens is 246 g/mol. The number of halogens is 1. The molecule has 78 valence electrons. The lowest BCUT2D eigenvalue weighted by atomic mass is 10.2. The predicted molar refractivity (Wildman–Crippen MR) is 59.2 cm³/mol. The number of aliphatic hydroxyl groups excluding tert-OH is 1. The summed E-state index contributed by atoms with van der Waals surface area (Å²) < 4.78 is 6.44. The van der Waals surface area contributed by atoms with Gasteiger partial charge in [-0.15, -0.1) is 0 Å². The van der Waals surface area contributed by atoms with Crippen LogP contribution >= 0.6 is 15.9 Å². The van der Waals surface area contributed by atoms with Crippen LogP contribution in [-0.4, -0.2) is 18.3 Å². The van der Waals surface area contributed by atoms with Gasteiger partial charge in [-0.1, -0.05) is 22.0 Å². The van der Waals surface area contributed by atoms with Gasteiger partial charge in [-0.25, -0.2) is 0 Å². The number of hydrogen-bond acceptors (Lipinski definition) is 3. The Hall–Kier alpha value is -0.580. The normalized spacial score (nSPS) is 10.2. The third-order valence-electron chi connectivity index (χ3n) is 1.84. The summed E-state index contributed by atoms with van der Waals surface area (Å²) in [5.41, 5.74) is 6.56. The molecule has 0 aliphatic rings. The van der Waals surface area contributed by atoms with E-state index in [-0.39, 0.29) is 6.61 Å². The van der Waals surface area contributed by atoms with Gasteiger partial charge in [-0.05, 0) is 12.1 Å². The maximum Gasteiger partial charge on any atom is 0.124 e. The van der Waals surface area contributed by atoms with Crippen LogP contribution in [0.25, 0.3) is 0 Å². The number of benzene rings is 1. The zero-order chi connectivity index (χ0) is 10.4. The van der Waals surface area contributed by atoms with E-state index in [2.05, 4.69) is 15.9 Å². The molecule has 3 nitrogen and oxygen atoms in total. The molecule has 1 rings (SSSR count). The largest absolute Gasteiger partial charge is 0.493 e. The average Bonchev–Trinajstić information content (AvgIpc) is 2.18. The smallest absolute Gasteiger partial charge is 0.124 e. The van der Waals surface area contributed by atoms with Crippen molar-refractivity contribution in [2.45, 2.75) is 13.0 Å². The van der Waals surface area contributed by atoms with Crippen molar-refractivity contribution < 1.29 is 9.84 Å². The van der Waals surface area contributed by atoms with Crippen LogP contribution in [0.5, 0.6) is 5.75 Å². The fourth-order valence-corrected chi connectivity index (χ4v) is 1.63. The molecule has 0 aliphatic carbocycles. The lowest BCUT2D eigenvalue weighted by Crippen LogP contribution is -2.05. The van der Waals surface area contributed by atoms with Crippen molar-refractivity contribution in [1.29, 1.82) is 0 Å². The summed E-state index contributed by atoms with van der Waals surface area (Å²) in [6.45, 7) is 1.10. The summed E-state index contributed by atoms with van der Waals surface area (Å²) in [6, 6.07) is 5.71. The van der Waals surface area contributed by atoms with Crippen molar-refractivity contribution in [3.8, 4) is 5.75 Å². The van der Waals surface area contributed by atoms with Crippen LogP contribution in [0.1, 0.15) is 12.0 Å². The summed E-state index contributed by atoms with van der Waals surface area (Å²) in [4.78, 5) is 0. The number of rotatable bonds is 5. The highest BCUT2D eigenvalue weighted by Gasteiger charge is 2.05. The number of aliphatic hydroxyl groups is 1. The molecule has 1 aromatic carbocycles. The molecule has 0 amide bonds. The van der Waals surface area contributed by atoms with Gasteiger partial charge in [0.2, 0.25) is 0 Å². The monoisotopic (exact) mass is 259 g/mol. The van der Waals surface area contributed by atoms with Crippen LogP contribution in [-0.2, 0) is 6.54 Å². The van der Waals surface area contributed by atoms with Crippen molar-refractivity contribution in [2.24, 2.45) is 5.73 Å². The van der Waals surface area contributed by atoms with Crippen LogP contribution < -0.4 is 10.5 Å². The highest BCUT2D eigenvalue weighted by Crippen LogP contribution is 2.26. The third-order valence-corrected chi connectivity index (χ3v) is 2.58. The Morgan fingerprint density at radius 2 is 2.21 bits per heavy atom. The van der Waals surface area contributed by atoms with E-state index < -0.39 is 0 Å². The fourth-order valence-electron chi connectivity index (χ4n) is 1.12. The molecular formula is C10H14BrNO2. The summed E-state index contributed by atoms with van der Waals surface area (Å²) in [5.74, 6) is 0.787. The van der Waals surface area contributed by atoms with Gasteiger partial charge in [-0.3, -0.25) is 0 Å². The van der Waals surface area contributed by atoms with Crippen LogP contribution in [0, 0.1) is 0 Å². The van der Waals surface area contributed by atoms with Crippen molar-refractivity contribution in [3.63, 3.8) is 0 Å². The number of hydrogen-bond donors (Lipinski definition) is 2. The molecule has 0 heterocycles. The summed E-state index contributed by atoms with van der Waals surface area (Å²) >= 11 is 3.41. The van der Waals surface area contributed by atoms with Crippen molar-refractivity contribution in [1.82, 2.24) is 0 Å². The number of nitrogens with two attached hydrogens (primary N) is 1. The van der Waals surface area contributed by atoms with Crippen molar-refractivity contribution >= 4 is 15.9 Å². The minimum atomic E-state index is 0.145. The van der Waals surface area contributed by atoms with E-state index in [0.29, 0.717) is 19.6 Å². The van der Waals surface area contributed by atoms with E-state index in [4.69, 9.17) is 15.6 Å². The van der Waals surface area contributed by atoms with Crippen LogP contribution in [0.4, 0.5) is 0 Å². The highest BCUT2D eigenvalue weighted by atomic mass is 79.9. The Labute approximate surface area is 92.0 Å². The zero-order valence-corrected chi connectivity index (χ0v) is 9.46. The Kier molecular flexibility index (Phi) is 4.93. The molecule has 0 aliphatic heterocycles. The van der Waals surface area contributed by atoms with E-state index in [9.17, 15) is 0 Å². The Balaban J connectivity index is 2.70. The molecule has 4 heteroatoms. The first-order chi connectivity index (χ1) is 6.79. The lowest BCUT2D eigenvalue weighted by molar-refractivity contribution is 0.232. The molecule has 0 radical (unpaired) electrons. The second-order valence-electron chi connectivity index (χ2n) is 2.85. The second-order valence-corrected chi connectivity index (χ2v) is 3.70. The molecule has 14 heavy (non-hydrogen) atoms. The minimum Gasteiger partial charge on any atom is -0.493 e. The van der Waals surface area contributed by atoms with Gasteiger partial charge >= 0.3 is 0 Å². The molecule has 0 saturated carbocycles. The molecule has 3 N–H and O–H groups in total. The lowest BCUT2D eigenvalue weighted by Gasteiger charge is -2.10. The van der Waals surface area contributed by atoms with Gasteiger partial charge in [0.05, 0.1) is 6.61 Å². The van der Waals surface area contributed by atoms with Gasteiger partial charge in [0.1, 0.15) is 5.75 Å². The minimum absolute atomic E-state index is 0.145. The van der Waals surface area contributed by atoms with Crippen molar-refractivity contribution in [3.05, 3.63) is 28.2 Å². The molecule has 0 bridgehead atoms. The maximum atomic E-state index is 8.61. The van der Waals surface area contributed by atoms with Crippen molar-refractivity contribution in [2.75, 3.05) is 13.2 Å². The van der Waals surface area contributed by atoms with Gasteiger partial charge in [0.25, 0.3) is 0 Å². The van der Waals surface area contributed by atoms with Crippen LogP contribution in [0.2, 0.25) is 0 Å². The summed E-state index contributed by atoms with van der Waals surface area (Å²) in [6.07, 6.45) is 0.635. The molecule has 0 spiro atoms. The van der Waals surface area contributed by atoms with E-state index in [1.165, 1.54) is 0 Å². The van der Waals surface area contributed by atoms with Gasteiger partial charge in [-0.2, -0.15) is 0 Å². The Morgan fingerprint density at radius 3 is 2.86 bits per heavy atom. The average molecular weight is 260 g/mol. The molecule has 0 atom stereocenters. The highest BCUT2D eigenvalue weighted by molar-refractivity contribution is 9.10. The predicted octanol–water partition coefficient (Wildman–Crippen LogP) is 1.67. The molecule has 0 unspecified atom stereocenters. The summed E-state index contributed by atoms with van der Waals surface area (Å²) in [5, 5.41) is 8.61. The maximum absolute atomic E-state index is 8.61. The van der Waals surface area contributed by atoms with E-state index in [1.807, 2.05) is 18.2 Å². The van der Waals surface area contributed by atoms with Gasteiger partial charge in [0.15, 0.2) is 0 Å². The molecule has 1 aromatic rings. The topological polar surface area (TPSA) is 55.5 Å². The SMILES string of the molecule is NCc1c(Br)cccc1OCCCO. The van der Waals surface area contributed by atoms with Gasteiger partial charge < -0.3 is 15.6 Å². The third kappa shape index (κ3) is 2.97. The first-order valence-corrected chi connectivity index (χ1v) is 5.30. The van der Waals surface area contributed by atoms with Crippen LogP contribution in [0.3, 0.4) is 0 Å². The van der Waals surface area contributed by atoms with E-state index in [1.54, 1.807) is 0 Å². The van der Waals surface area contributed by atoms with Crippen LogP contribution in [0.15, 0.2) is 22.7 Å². The molecule has 0 saturated heterocycles. The van der Waals surface area contributed by atoms with E-state index in [0.717, 1.165) is 15.8 Å². The van der Waals surface area contributed by atoms with E-state index >= 15 is 0 Å². The van der Waals surface area contributed by atoms with Gasteiger partial charge in [0, 0.05) is 29.6 Å². The standard InChI is InChI=1S/C10H14BrNO2/c11-9-3-1-4-10(8(9)7-12)14-6-2-5-13/h1,3-4,13H,2,5-7,12H2. The fraction of sp³-hybridized carbons (Fsp3) is 0.400. The molecule has 0 fully saturated rings. The first-order valence-electron chi connectivity index (χ1n) is 4.50. The second kappa shape index (κ2) is 6.01. The Bertz CT molecular complexity index is 291. The number of ether oxygens (including phenoxy) is 1. The Morgan fingerprint density at radius 1 is 1.43 bits per heavy atom. The zero-order valence-electron chi connectivity index (χ0n) is 7.87. The summed E-state index contributed by atoms with van der Waals surface area (Å²) in [7, 11) is 0. The quantitative estimate of drug-likeness (QED) is 0.792. The first kappa shape index (κ1) is 11.5. The molecule has 0 aromatic heterocycles.